The second kappa shape index (κ2) is 3.21. The van der Waals surface area contributed by atoms with Gasteiger partial charge in [-0.15, -0.1) is 0 Å². The number of hydrogen-bond acceptors (Lipinski definition) is 2. The van der Waals surface area contributed by atoms with Crippen LogP contribution in [0.2, 0.25) is 0 Å². The van der Waals surface area contributed by atoms with Gasteiger partial charge in [-0.25, -0.2) is 0 Å². The number of nitrogens with zero attached hydrogens (tertiary/aromatic N) is 1. The van der Waals surface area contributed by atoms with Gasteiger partial charge < -0.3 is 9.67 Å². The first-order valence-electron chi connectivity index (χ1n) is 4.78. The largest absolute Gasteiger partial charge is 0.391 e. The maximum atomic E-state index is 11.9. The highest BCUT2D eigenvalue weighted by molar-refractivity contribution is 5.78. The van der Waals surface area contributed by atoms with Crippen molar-refractivity contribution >= 4 is 5.57 Å². The van der Waals surface area contributed by atoms with Crippen molar-refractivity contribution in [2.75, 3.05) is 0 Å². The molecule has 0 bridgehead atoms. The average Bonchev–Trinajstić information content (AvgIpc) is 2.46. The second-order valence-electron chi connectivity index (χ2n) is 3.82. The summed E-state index contributed by atoms with van der Waals surface area (Å²) in [6, 6.07) is 1.88. The molecule has 0 amide bonds. The van der Waals surface area contributed by atoms with Gasteiger partial charge in [0.1, 0.15) is 0 Å². The summed E-state index contributed by atoms with van der Waals surface area (Å²) in [4.78, 5) is 11.9. The molecule has 0 atom stereocenters. The number of allylic oxidation sites excluding steroid dienone is 2. The van der Waals surface area contributed by atoms with Gasteiger partial charge >= 0.3 is 0 Å². The topological polar surface area (TPSA) is 42.2 Å². The Morgan fingerprint density at radius 3 is 2.80 bits per heavy atom. The summed E-state index contributed by atoms with van der Waals surface area (Å²) in [5.74, 6) is 0. The summed E-state index contributed by atoms with van der Waals surface area (Å²) in [5, 5.41) is 9.10. The third-order valence-corrected chi connectivity index (χ3v) is 2.87. The zero-order chi connectivity index (χ0) is 11.2. The van der Waals surface area contributed by atoms with Gasteiger partial charge in [-0.3, -0.25) is 4.79 Å². The van der Waals surface area contributed by atoms with Crippen LogP contribution in [0.1, 0.15) is 16.8 Å². The number of aryl methyl sites for hydroxylation is 1. The summed E-state index contributed by atoms with van der Waals surface area (Å²) in [7, 11) is 0. The first kappa shape index (κ1) is 9.93. The van der Waals surface area contributed by atoms with Crippen molar-refractivity contribution in [3.63, 3.8) is 0 Å². The molecule has 0 fully saturated rings. The highest BCUT2D eigenvalue weighted by atomic mass is 16.3. The molecule has 0 saturated heterocycles. The van der Waals surface area contributed by atoms with Crippen LogP contribution in [0.15, 0.2) is 29.6 Å². The predicted octanol–water partition coefficient (Wildman–Crippen LogP) is 1.23. The fourth-order valence-electron chi connectivity index (χ4n) is 1.88. The molecular formula is C12H13NO2. The molecule has 0 unspecified atom stereocenters. The van der Waals surface area contributed by atoms with Crippen LogP contribution in [0.3, 0.4) is 0 Å². The molecule has 1 aromatic rings. The maximum Gasteiger partial charge on any atom is 0.257 e. The van der Waals surface area contributed by atoms with E-state index in [-0.39, 0.29) is 12.2 Å². The van der Waals surface area contributed by atoms with Gasteiger partial charge in [0.25, 0.3) is 5.56 Å². The van der Waals surface area contributed by atoms with Crippen LogP contribution in [-0.4, -0.2) is 9.67 Å². The molecule has 2 heterocycles. The number of aliphatic hydroxyl groups is 1. The Bertz CT molecular complexity index is 523. The summed E-state index contributed by atoms with van der Waals surface area (Å²) in [6.07, 6.45) is 0. The molecule has 3 heteroatoms. The fourth-order valence-corrected chi connectivity index (χ4v) is 1.88. The number of aromatic nitrogens is 1. The average molecular weight is 203 g/mol. The SMILES string of the molecule is C=C1Cn2c(cc(C)c(CO)c2=O)C1=C. The lowest BCUT2D eigenvalue weighted by atomic mass is 10.1. The molecule has 15 heavy (non-hydrogen) atoms. The van der Waals surface area contributed by atoms with E-state index in [2.05, 4.69) is 13.2 Å². The highest BCUT2D eigenvalue weighted by Crippen LogP contribution is 2.28. The van der Waals surface area contributed by atoms with Crippen molar-refractivity contribution in [1.82, 2.24) is 4.57 Å². The van der Waals surface area contributed by atoms with E-state index in [1.54, 1.807) is 4.57 Å². The van der Waals surface area contributed by atoms with Crippen LogP contribution in [0, 0.1) is 6.92 Å². The molecule has 1 aliphatic rings. The van der Waals surface area contributed by atoms with Crippen LogP contribution < -0.4 is 5.56 Å². The molecule has 0 radical (unpaired) electrons. The lowest BCUT2D eigenvalue weighted by molar-refractivity contribution is 0.278. The molecule has 0 spiro atoms. The molecule has 1 aliphatic heterocycles. The van der Waals surface area contributed by atoms with E-state index in [1.165, 1.54) is 0 Å². The van der Waals surface area contributed by atoms with E-state index < -0.39 is 0 Å². The summed E-state index contributed by atoms with van der Waals surface area (Å²) < 4.78 is 1.61. The van der Waals surface area contributed by atoms with E-state index >= 15 is 0 Å². The van der Waals surface area contributed by atoms with E-state index in [0.29, 0.717) is 12.1 Å². The van der Waals surface area contributed by atoms with Crippen LogP contribution in [0.25, 0.3) is 5.57 Å². The van der Waals surface area contributed by atoms with Gasteiger partial charge in [-0.2, -0.15) is 0 Å². The van der Waals surface area contributed by atoms with Crippen molar-refractivity contribution in [2.24, 2.45) is 0 Å². The van der Waals surface area contributed by atoms with Gasteiger partial charge in [0.2, 0.25) is 0 Å². The zero-order valence-electron chi connectivity index (χ0n) is 8.71. The van der Waals surface area contributed by atoms with Gasteiger partial charge in [-0.1, -0.05) is 13.2 Å². The number of rotatable bonds is 1. The van der Waals surface area contributed by atoms with Crippen LogP contribution in [-0.2, 0) is 13.2 Å². The third-order valence-electron chi connectivity index (χ3n) is 2.87. The van der Waals surface area contributed by atoms with Crippen LogP contribution in [0.5, 0.6) is 0 Å². The predicted molar refractivity (Wildman–Crippen MR) is 59.5 cm³/mol. The molecule has 0 aliphatic carbocycles. The quantitative estimate of drug-likeness (QED) is 0.746. The monoisotopic (exact) mass is 203 g/mol. The third kappa shape index (κ3) is 1.27. The normalized spacial score (nSPS) is 14.5. The van der Waals surface area contributed by atoms with Gasteiger partial charge in [0, 0.05) is 5.56 Å². The van der Waals surface area contributed by atoms with E-state index in [4.69, 9.17) is 5.11 Å². The van der Waals surface area contributed by atoms with E-state index in [9.17, 15) is 4.79 Å². The number of hydrogen-bond donors (Lipinski definition) is 1. The number of fused-ring (bicyclic) bond motifs is 1. The molecule has 1 aromatic heterocycles. The van der Waals surface area contributed by atoms with Crippen molar-refractivity contribution in [3.05, 3.63) is 52.0 Å². The molecule has 2 rings (SSSR count). The minimum Gasteiger partial charge on any atom is -0.391 e. The van der Waals surface area contributed by atoms with Crippen molar-refractivity contribution < 1.29 is 5.11 Å². The van der Waals surface area contributed by atoms with Gasteiger partial charge in [-0.05, 0) is 29.7 Å². The first-order chi connectivity index (χ1) is 7.06. The first-order valence-corrected chi connectivity index (χ1v) is 4.78. The lowest BCUT2D eigenvalue weighted by Crippen LogP contribution is -2.24. The molecule has 78 valence electrons. The maximum absolute atomic E-state index is 11.9. The Balaban J connectivity index is 2.78. The van der Waals surface area contributed by atoms with Crippen molar-refractivity contribution in [1.29, 1.82) is 0 Å². The molecule has 1 N–H and O–H groups in total. The van der Waals surface area contributed by atoms with Crippen molar-refractivity contribution in [2.45, 2.75) is 20.1 Å². The Labute approximate surface area is 88.0 Å². The Morgan fingerprint density at radius 1 is 1.53 bits per heavy atom. The minimum absolute atomic E-state index is 0.132. The minimum atomic E-state index is -0.218. The molecule has 0 saturated carbocycles. The van der Waals surface area contributed by atoms with Gasteiger partial charge in [0.15, 0.2) is 0 Å². The fraction of sp³-hybridized carbons (Fsp3) is 0.250. The molecule has 3 nitrogen and oxygen atoms in total. The van der Waals surface area contributed by atoms with E-state index in [0.717, 1.165) is 22.4 Å². The Kier molecular flexibility index (Phi) is 2.12. The summed E-state index contributed by atoms with van der Waals surface area (Å²) >= 11 is 0. The smallest absolute Gasteiger partial charge is 0.257 e. The van der Waals surface area contributed by atoms with E-state index in [1.807, 2.05) is 13.0 Å². The Morgan fingerprint density at radius 2 is 2.20 bits per heavy atom. The van der Waals surface area contributed by atoms with Crippen LogP contribution in [0.4, 0.5) is 0 Å². The number of pyridine rings is 1. The second-order valence-corrected chi connectivity index (χ2v) is 3.82. The van der Waals surface area contributed by atoms with Gasteiger partial charge in [0.05, 0.1) is 18.8 Å². The van der Waals surface area contributed by atoms with Crippen LogP contribution >= 0.6 is 0 Å². The molecule has 0 aromatic carbocycles. The number of aliphatic hydroxyl groups excluding tert-OH is 1. The molecular weight excluding hydrogens is 190 g/mol. The summed E-state index contributed by atoms with van der Waals surface area (Å²) in [6.45, 7) is 9.84. The summed E-state index contributed by atoms with van der Waals surface area (Å²) in [5.41, 5.74) is 3.64. The highest BCUT2D eigenvalue weighted by Gasteiger charge is 2.21. The Hall–Kier alpha value is -1.61. The zero-order valence-corrected chi connectivity index (χ0v) is 8.71. The lowest BCUT2D eigenvalue weighted by Gasteiger charge is -2.07. The van der Waals surface area contributed by atoms with Crippen molar-refractivity contribution in [3.8, 4) is 0 Å². The standard InChI is InChI=1S/C12H13NO2/c1-7-4-11-9(3)8(2)5-13(11)12(15)10(7)6-14/h4,14H,2-3,5-6H2,1H3.